The number of nitrogens with zero attached hydrogens (tertiary/aromatic N) is 1. The minimum atomic E-state index is 0. The Morgan fingerprint density at radius 1 is 1.15 bits per heavy atom. The van der Waals surface area contributed by atoms with Gasteiger partial charge in [-0.15, -0.1) is 12.4 Å². The van der Waals surface area contributed by atoms with E-state index >= 15 is 0 Å². The highest BCUT2D eigenvalue weighted by molar-refractivity contribution is 5.85. The Hall–Kier alpha value is -2.04. The Balaban J connectivity index is 0.00000261. The quantitative estimate of drug-likeness (QED) is 0.819. The van der Waals surface area contributed by atoms with Gasteiger partial charge in [0, 0.05) is 19.1 Å². The van der Waals surface area contributed by atoms with Crippen molar-refractivity contribution < 1.29 is 9.53 Å². The first kappa shape index (κ1) is 21.3. The number of rotatable bonds is 6. The number of aryl methyl sites for hydroxylation is 1. The van der Waals surface area contributed by atoms with Gasteiger partial charge in [0.05, 0.1) is 6.42 Å². The molecular weight excluding hydrogens is 360 g/mol. The summed E-state index contributed by atoms with van der Waals surface area (Å²) < 4.78 is 5.94. The van der Waals surface area contributed by atoms with Crippen molar-refractivity contribution in [1.29, 1.82) is 0 Å². The molecule has 1 N–H and O–H groups in total. The molecule has 2 aromatic carbocycles. The number of hydrogen-bond donors (Lipinski definition) is 1. The van der Waals surface area contributed by atoms with E-state index < -0.39 is 0 Å². The van der Waals surface area contributed by atoms with Crippen molar-refractivity contribution in [3.8, 4) is 5.75 Å². The molecule has 5 heteroatoms. The van der Waals surface area contributed by atoms with Crippen LogP contribution in [0.1, 0.15) is 29.5 Å². The summed E-state index contributed by atoms with van der Waals surface area (Å²) in [6.07, 6.45) is 2.50. The summed E-state index contributed by atoms with van der Waals surface area (Å²) >= 11 is 0. The number of benzene rings is 2. The first-order valence-electron chi connectivity index (χ1n) is 9.37. The van der Waals surface area contributed by atoms with Gasteiger partial charge >= 0.3 is 0 Å². The molecule has 1 saturated heterocycles. The number of piperidine rings is 1. The van der Waals surface area contributed by atoms with Gasteiger partial charge in [0.15, 0.2) is 0 Å². The van der Waals surface area contributed by atoms with E-state index in [9.17, 15) is 4.79 Å². The van der Waals surface area contributed by atoms with Gasteiger partial charge in [0.1, 0.15) is 12.4 Å². The zero-order valence-electron chi connectivity index (χ0n) is 16.1. The predicted octanol–water partition coefficient (Wildman–Crippen LogP) is 3.75. The number of likely N-dealkylation sites (tertiary alicyclic amines) is 1. The maximum absolute atomic E-state index is 12.6. The summed E-state index contributed by atoms with van der Waals surface area (Å²) in [6.45, 7) is 4.31. The van der Waals surface area contributed by atoms with Crippen LogP contribution in [0.3, 0.4) is 0 Å². The highest BCUT2D eigenvalue weighted by atomic mass is 35.5. The zero-order valence-corrected chi connectivity index (χ0v) is 16.9. The number of carbonyl (C=O) groups is 1. The third-order valence-electron chi connectivity index (χ3n) is 5.17. The molecule has 1 fully saturated rings. The molecule has 3 rings (SSSR count). The largest absolute Gasteiger partial charge is 0.489 e. The van der Waals surface area contributed by atoms with Gasteiger partial charge in [0.2, 0.25) is 5.91 Å². The number of hydrogen-bond acceptors (Lipinski definition) is 3. The fraction of sp³-hybridized carbons (Fsp3) is 0.409. The fourth-order valence-electron chi connectivity index (χ4n) is 3.38. The van der Waals surface area contributed by atoms with Crippen LogP contribution in [0.15, 0.2) is 48.5 Å². The lowest BCUT2D eigenvalue weighted by atomic mass is 10.0. The minimum absolute atomic E-state index is 0. The lowest BCUT2D eigenvalue weighted by Crippen LogP contribution is -2.44. The van der Waals surface area contributed by atoms with Crippen LogP contribution in [0, 0.1) is 6.92 Å². The predicted molar refractivity (Wildman–Crippen MR) is 112 cm³/mol. The third kappa shape index (κ3) is 5.98. The second-order valence-corrected chi connectivity index (χ2v) is 6.98. The van der Waals surface area contributed by atoms with Gasteiger partial charge in [-0.05, 0) is 55.6 Å². The van der Waals surface area contributed by atoms with Gasteiger partial charge in [-0.25, -0.2) is 0 Å². The van der Waals surface area contributed by atoms with Gasteiger partial charge < -0.3 is 15.0 Å². The molecule has 2 aromatic rings. The summed E-state index contributed by atoms with van der Waals surface area (Å²) in [6, 6.07) is 16.7. The van der Waals surface area contributed by atoms with Crippen LogP contribution in [0.2, 0.25) is 0 Å². The molecule has 0 spiro atoms. The molecule has 146 valence electrons. The SMILES string of the molecule is CNC1CCN(C(=O)Cc2cccc(OCc3ccccc3C)c2)CC1.Cl. The van der Waals surface area contributed by atoms with Crippen LogP contribution in [-0.2, 0) is 17.8 Å². The van der Waals surface area contributed by atoms with E-state index in [0.29, 0.717) is 19.1 Å². The molecular formula is C22H29ClN2O2. The van der Waals surface area contributed by atoms with E-state index in [-0.39, 0.29) is 18.3 Å². The van der Waals surface area contributed by atoms with E-state index in [4.69, 9.17) is 4.74 Å². The van der Waals surface area contributed by atoms with E-state index in [2.05, 4.69) is 24.4 Å². The first-order valence-corrected chi connectivity index (χ1v) is 9.37. The number of amides is 1. The molecule has 27 heavy (non-hydrogen) atoms. The van der Waals surface area contributed by atoms with E-state index in [1.165, 1.54) is 11.1 Å². The van der Waals surface area contributed by atoms with Crippen molar-refractivity contribution in [3.63, 3.8) is 0 Å². The van der Waals surface area contributed by atoms with Gasteiger partial charge in [-0.3, -0.25) is 4.79 Å². The van der Waals surface area contributed by atoms with E-state index in [0.717, 1.165) is 37.2 Å². The third-order valence-corrected chi connectivity index (χ3v) is 5.17. The monoisotopic (exact) mass is 388 g/mol. The Labute approximate surface area is 168 Å². The van der Waals surface area contributed by atoms with Crippen molar-refractivity contribution in [2.45, 2.75) is 38.8 Å². The average Bonchev–Trinajstić information content (AvgIpc) is 2.68. The number of halogens is 1. The molecule has 0 radical (unpaired) electrons. The van der Waals surface area contributed by atoms with Crippen LogP contribution in [0.25, 0.3) is 0 Å². The van der Waals surface area contributed by atoms with Crippen LogP contribution in [0.5, 0.6) is 5.75 Å². The lowest BCUT2D eigenvalue weighted by Gasteiger charge is -2.32. The number of carbonyl (C=O) groups excluding carboxylic acids is 1. The van der Waals surface area contributed by atoms with Crippen molar-refractivity contribution in [2.75, 3.05) is 20.1 Å². The molecule has 0 bridgehead atoms. The van der Waals surface area contributed by atoms with Crippen LogP contribution >= 0.6 is 12.4 Å². The number of ether oxygens (including phenoxy) is 1. The molecule has 4 nitrogen and oxygen atoms in total. The van der Waals surface area contributed by atoms with Crippen molar-refractivity contribution in [1.82, 2.24) is 10.2 Å². The highest BCUT2D eigenvalue weighted by Crippen LogP contribution is 2.18. The zero-order chi connectivity index (χ0) is 18.4. The molecule has 1 aliphatic rings. The summed E-state index contributed by atoms with van der Waals surface area (Å²) in [5, 5.41) is 3.30. The van der Waals surface area contributed by atoms with Crippen molar-refractivity contribution in [3.05, 3.63) is 65.2 Å². The van der Waals surface area contributed by atoms with E-state index in [1.54, 1.807) is 0 Å². The van der Waals surface area contributed by atoms with Gasteiger partial charge in [0.25, 0.3) is 0 Å². The normalized spacial score (nSPS) is 14.5. The van der Waals surface area contributed by atoms with E-state index in [1.807, 2.05) is 48.3 Å². The summed E-state index contributed by atoms with van der Waals surface area (Å²) in [4.78, 5) is 14.5. The molecule has 0 saturated carbocycles. The molecule has 0 aliphatic carbocycles. The van der Waals surface area contributed by atoms with Gasteiger partial charge in [-0.1, -0.05) is 36.4 Å². The Morgan fingerprint density at radius 2 is 1.89 bits per heavy atom. The lowest BCUT2D eigenvalue weighted by molar-refractivity contribution is -0.131. The van der Waals surface area contributed by atoms with Crippen molar-refractivity contribution in [2.24, 2.45) is 0 Å². The summed E-state index contributed by atoms with van der Waals surface area (Å²) in [5.41, 5.74) is 3.42. The van der Waals surface area contributed by atoms with Crippen LogP contribution in [0.4, 0.5) is 0 Å². The van der Waals surface area contributed by atoms with Crippen LogP contribution in [-0.4, -0.2) is 37.0 Å². The highest BCUT2D eigenvalue weighted by Gasteiger charge is 2.21. The maximum atomic E-state index is 12.6. The second-order valence-electron chi connectivity index (χ2n) is 6.98. The summed E-state index contributed by atoms with van der Waals surface area (Å²) in [7, 11) is 1.99. The Kier molecular flexibility index (Phi) is 8.14. The molecule has 1 amide bonds. The number of nitrogens with one attached hydrogen (secondary N) is 1. The fourth-order valence-corrected chi connectivity index (χ4v) is 3.38. The molecule has 0 atom stereocenters. The smallest absolute Gasteiger partial charge is 0.226 e. The average molecular weight is 389 g/mol. The molecule has 0 unspecified atom stereocenters. The summed E-state index contributed by atoms with van der Waals surface area (Å²) in [5.74, 6) is 1.02. The van der Waals surface area contributed by atoms with Crippen LogP contribution < -0.4 is 10.1 Å². The topological polar surface area (TPSA) is 41.6 Å². The maximum Gasteiger partial charge on any atom is 0.226 e. The minimum Gasteiger partial charge on any atom is -0.489 e. The van der Waals surface area contributed by atoms with Gasteiger partial charge in [-0.2, -0.15) is 0 Å². The standard InChI is InChI=1S/C22H28N2O2.ClH/c1-17-6-3-4-8-19(17)16-26-21-9-5-7-18(14-21)15-22(25)24-12-10-20(23-2)11-13-24;/h3-9,14,20,23H,10-13,15-16H2,1-2H3;1H. The Morgan fingerprint density at radius 3 is 2.59 bits per heavy atom. The molecule has 1 heterocycles. The second kappa shape index (κ2) is 10.3. The first-order chi connectivity index (χ1) is 12.7. The Bertz CT molecular complexity index is 743. The molecule has 0 aromatic heterocycles. The van der Waals surface area contributed by atoms with Crippen molar-refractivity contribution >= 4 is 18.3 Å². The molecule has 1 aliphatic heterocycles.